The zero-order valence-corrected chi connectivity index (χ0v) is 25.9. The molecule has 3 heterocycles. The number of aromatic nitrogens is 3. The molecule has 0 radical (unpaired) electrons. The predicted molar refractivity (Wildman–Crippen MR) is 166 cm³/mol. The second-order valence-electron chi connectivity index (χ2n) is 10.1. The molecule has 0 aliphatic rings. The second kappa shape index (κ2) is 12.8. The van der Waals surface area contributed by atoms with Crippen molar-refractivity contribution < 1.29 is 27.9 Å². The van der Waals surface area contributed by atoms with Gasteiger partial charge in [0.2, 0.25) is 15.9 Å². The standard InChI is InChI=1S/C29H32N6O6S2/c1-17(2)43(40,41)35-14-23(18(3)19(35)4)28(39)31-13-26(36)33-29-32-24(16-42-29)22-8-6-7-20(11-22)21-9-10-30-25(12-21)34(5)15-27(37)38/h6-12,14,16-17H,13,15H2,1-5H3,(H,31,39)(H,37,38)(H,32,33,36). The van der Waals surface area contributed by atoms with Crippen molar-refractivity contribution in [3.05, 3.63) is 71.0 Å². The third-order valence-electron chi connectivity index (χ3n) is 6.80. The molecule has 0 fully saturated rings. The van der Waals surface area contributed by atoms with Gasteiger partial charge in [0.05, 0.1) is 23.1 Å². The molecular weight excluding hydrogens is 592 g/mol. The van der Waals surface area contributed by atoms with E-state index in [4.69, 9.17) is 5.11 Å². The van der Waals surface area contributed by atoms with Gasteiger partial charge < -0.3 is 20.6 Å². The zero-order chi connectivity index (χ0) is 31.5. The van der Waals surface area contributed by atoms with Crippen molar-refractivity contribution in [3.8, 4) is 22.4 Å². The number of carboxylic acids is 1. The molecule has 1 aromatic carbocycles. The number of benzene rings is 1. The molecule has 0 unspecified atom stereocenters. The van der Waals surface area contributed by atoms with Crippen molar-refractivity contribution in [1.82, 2.24) is 19.3 Å². The number of aliphatic carboxylic acids is 1. The molecule has 43 heavy (non-hydrogen) atoms. The predicted octanol–water partition coefficient (Wildman–Crippen LogP) is 3.77. The van der Waals surface area contributed by atoms with Crippen LogP contribution in [0, 0.1) is 13.8 Å². The third kappa shape index (κ3) is 7.09. The molecule has 0 saturated carbocycles. The van der Waals surface area contributed by atoms with E-state index in [9.17, 15) is 22.8 Å². The van der Waals surface area contributed by atoms with Crippen LogP contribution in [0.1, 0.15) is 35.5 Å². The van der Waals surface area contributed by atoms with E-state index >= 15 is 0 Å². The quantitative estimate of drug-likeness (QED) is 0.225. The normalized spacial score (nSPS) is 11.4. The lowest BCUT2D eigenvalue weighted by atomic mass is 10.0. The first-order chi connectivity index (χ1) is 20.3. The third-order valence-corrected chi connectivity index (χ3v) is 9.68. The molecule has 4 rings (SSSR count). The monoisotopic (exact) mass is 624 g/mol. The van der Waals surface area contributed by atoms with Gasteiger partial charge in [-0.15, -0.1) is 11.3 Å². The number of carbonyl (C=O) groups is 3. The van der Waals surface area contributed by atoms with Crippen LogP contribution in [0.5, 0.6) is 0 Å². The van der Waals surface area contributed by atoms with Crippen LogP contribution in [0.3, 0.4) is 0 Å². The van der Waals surface area contributed by atoms with Crippen LogP contribution in [0.4, 0.5) is 10.9 Å². The number of carbonyl (C=O) groups excluding carboxylic acids is 2. The maximum atomic E-state index is 12.8. The number of likely N-dealkylation sites (N-methyl/N-ethyl adjacent to an activating group) is 1. The summed E-state index contributed by atoms with van der Waals surface area (Å²) >= 11 is 1.23. The summed E-state index contributed by atoms with van der Waals surface area (Å²) in [6.45, 7) is 5.92. The molecule has 0 aliphatic heterocycles. The topological polar surface area (TPSA) is 164 Å². The number of thiazole rings is 1. The van der Waals surface area contributed by atoms with Gasteiger partial charge in [-0.3, -0.25) is 14.4 Å². The zero-order valence-electron chi connectivity index (χ0n) is 24.3. The Balaban J connectivity index is 1.41. The lowest BCUT2D eigenvalue weighted by Gasteiger charge is -2.16. The summed E-state index contributed by atoms with van der Waals surface area (Å²) in [5.74, 6) is -1.47. The van der Waals surface area contributed by atoms with Crippen LogP contribution in [-0.2, 0) is 19.6 Å². The van der Waals surface area contributed by atoms with Crippen LogP contribution in [0.25, 0.3) is 22.4 Å². The van der Waals surface area contributed by atoms with Crippen LogP contribution < -0.4 is 15.5 Å². The molecule has 0 spiro atoms. The van der Waals surface area contributed by atoms with Gasteiger partial charge in [0.15, 0.2) is 5.13 Å². The summed E-state index contributed by atoms with van der Waals surface area (Å²) in [5.41, 5.74) is 4.33. The van der Waals surface area contributed by atoms with Crippen LogP contribution in [0.15, 0.2) is 54.2 Å². The molecule has 0 saturated heterocycles. The number of carboxylic acid groups (broad SMARTS) is 1. The molecule has 12 nitrogen and oxygen atoms in total. The first kappa shape index (κ1) is 31.4. The Morgan fingerprint density at radius 3 is 2.49 bits per heavy atom. The van der Waals surface area contributed by atoms with Gasteiger partial charge in [0, 0.05) is 36.1 Å². The minimum absolute atomic E-state index is 0.178. The molecular formula is C29H32N6O6S2. The molecule has 2 amide bonds. The summed E-state index contributed by atoms with van der Waals surface area (Å²) in [7, 11) is -1.98. The maximum absolute atomic E-state index is 12.8. The van der Waals surface area contributed by atoms with Gasteiger partial charge in [-0.25, -0.2) is 22.4 Å². The highest BCUT2D eigenvalue weighted by molar-refractivity contribution is 7.90. The highest BCUT2D eigenvalue weighted by atomic mass is 32.2. The first-order valence-electron chi connectivity index (χ1n) is 13.2. The van der Waals surface area contributed by atoms with Crippen molar-refractivity contribution in [3.63, 3.8) is 0 Å². The fraction of sp³-hybridized carbons (Fsp3) is 0.276. The lowest BCUT2D eigenvalue weighted by molar-refractivity contribution is -0.135. The number of hydrogen-bond donors (Lipinski definition) is 3. The fourth-order valence-electron chi connectivity index (χ4n) is 4.22. The van der Waals surface area contributed by atoms with E-state index in [1.54, 1.807) is 51.2 Å². The highest BCUT2D eigenvalue weighted by Gasteiger charge is 2.25. The smallest absolute Gasteiger partial charge is 0.323 e. The van der Waals surface area contributed by atoms with Crippen molar-refractivity contribution >= 4 is 50.1 Å². The van der Waals surface area contributed by atoms with Crippen molar-refractivity contribution in [1.29, 1.82) is 0 Å². The summed E-state index contributed by atoms with van der Waals surface area (Å²) in [6, 6.07) is 11.3. The Labute approximate surface area is 253 Å². The van der Waals surface area contributed by atoms with Crippen molar-refractivity contribution in [2.24, 2.45) is 0 Å². The van der Waals surface area contributed by atoms with Gasteiger partial charge in [0.1, 0.15) is 12.4 Å². The number of amides is 2. The summed E-state index contributed by atoms with van der Waals surface area (Å²) in [4.78, 5) is 46.7. The average Bonchev–Trinajstić information content (AvgIpc) is 3.55. The Morgan fingerprint density at radius 1 is 1.09 bits per heavy atom. The molecule has 226 valence electrons. The maximum Gasteiger partial charge on any atom is 0.323 e. The number of rotatable bonds is 11. The first-order valence-corrected chi connectivity index (χ1v) is 15.6. The molecule has 0 atom stereocenters. The van der Waals surface area contributed by atoms with Crippen LogP contribution in [-0.4, -0.2) is 70.6 Å². The van der Waals surface area contributed by atoms with E-state index in [2.05, 4.69) is 20.6 Å². The van der Waals surface area contributed by atoms with E-state index in [-0.39, 0.29) is 18.7 Å². The average molecular weight is 625 g/mol. The fourth-order valence-corrected chi connectivity index (χ4v) is 6.18. The van der Waals surface area contributed by atoms with Gasteiger partial charge in [0.25, 0.3) is 5.91 Å². The van der Waals surface area contributed by atoms with Gasteiger partial charge in [-0.05, 0) is 62.6 Å². The Morgan fingerprint density at radius 2 is 1.79 bits per heavy atom. The van der Waals surface area contributed by atoms with E-state index in [1.165, 1.54) is 17.5 Å². The number of nitrogens with one attached hydrogen (secondary N) is 2. The lowest BCUT2D eigenvalue weighted by Crippen LogP contribution is -2.33. The molecule has 3 aromatic heterocycles. The van der Waals surface area contributed by atoms with Gasteiger partial charge >= 0.3 is 5.97 Å². The summed E-state index contributed by atoms with van der Waals surface area (Å²) < 4.78 is 26.3. The minimum Gasteiger partial charge on any atom is -0.480 e. The van der Waals surface area contributed by atoms with Gasteiger partial charge in [-0.1, -0.05) is 18.2 Å². The van der Waals surface area contributed by atoms with Crippen LogP contribution >= 0.6 is 11.3 Å². The van der Waals surface area contributed by atoms with Crippen molar-refractivity contribution in [2.75, 3.05) is 30.4 Å². The highest BCUT2D eigenvalue weighted by Crippen LogP contribution is 2.30. The molecule has 4 aromatic rings. The van der Waals surface area contributed by atoms with E-state index in [0.717, 1.165) is 20.7 Å². The number of anilines is 2. The number of nitrogens with zero attached hydrogens (tertiary/aromatic N) is 4. The minimum atomic E-state index is -3.64. The van der Waals surface area contributed by atoms with E-state index < -0.39 is 33.1 Å². The number of pyridine rings is 1. The van der Waals surface area contributed by atoms with E-state index in [0.29, 0.717) is 27.9 Å². The van der Waals surface area contributed by atoms with Gasteiger partial charge in [-0.2, -0.15) is 0 Å². The molecule has 0 bridgehead atoms. The molecule has 14 heteroatoms. The van der Waals surface area contributed by atoms with E-state index in [1.807, 2.05) is 36.4 Å². The Kier molecular flexibility index (Phi) is 9.30. The largest absolute Gasteiger partial charge is 0.480 e. The molecule has 3 N–H and O–H groups in total. The summed E-state index contributed by atoms with van der Waals surface area (Å²) in [6.07, 6.45) is 2.91. The number of hydrogen-bond acceptors (Lipinski definition) is 9. The molecule has 0 aliphatic carbocycles. The van der Waals surface area contributed by atoms with Crippen molar-refractivity contribution in [2.45, 2.75) is 32.9 Å². The second-order valence-corrected chi connectivity index (χ2v) is 13.4. The Hall–Kier alpha value is -4.56. The van der Waals surface area contributed by atoms with Crippen LogP contribution in [0.2, 0.25) is 0 Å². The summed E-state index contributed by atoms with van der Waals surface area (Å²) in [5, 5.41) is 15.8. The SMILES string of the molecule is Cc1c(C(=O)NCC(=O)Nc2nc(-c3cccc(-c4ccnc(N(C)CC(=O)O)c4)c3)cs2)cn(S(=O)(=O)C(C)C)c1C. The Bertz CT molecular complexity index is 1790.